The van der Waals surface area contributed by atoms with E-state index in [1.54, 1.807) is 0 Å². The van der Waals surface area contributed by atoms with Gasteiger partial charge >= 0.3 is 0 Å². The van der Waals surface area contributed by atoms with Gasteiger partial charge in [0, 0.05) is 29.9 Å². The third kappa shape index (κ3) is 2.61. The predicted molar refractivity (Wildman–Crippen MR) is 73.0 cm³/mol. The number of nitrogens with zero attached hydrogens (tertiary/aromatic N) is 1. The van der Waals surface area contributed by atoms with E-state index < -0.39 is 0 Å². The van der Waals surface area contributed by atoms with Gasteiger partial charge in [0.15, 0.2) is 0 Å². The summed E-state index contributed by atoms with van der Waals surface area (Å²) in [6, 6.07) is 8.31. The highest BCUT2D eigenvalue weighted by molar-refractivity contribution is 9.08. The number of halogens is 1. The quantitative estimate of drug-likeness (QED) is 0.601. The first kappa shape index (κ1) is 12.8. The molecule has 0 saturated carbocycles. The van der Waals surface area contributed by atoms with Crippen LogP contribution in [0.3, 0.4) is 0 Å². The number of nitrogens with one attached hydrogen (secondary N) is 1. The molecule has 2 amide bonds. The second-order valence-electron chi connectivity index (χ2n) is 4.09. The minimum Gasteiger partial charge on any atom is -0.361 e. The summed E-state index contributed by atoms with van der Waals surface area (Å²) >= 11 is 2.80. The van der Waals surface area contributed by atoms with Crippen LogP contribution in [-0.2, 0) is 9.59 Å². The molecule has 1 N–H and O–H groups in total. The number of hydrogen-bond acceptors (Lipinski definition) is 2. The largest absolute Gasteiger partial charge is 0.361 e. The first-order chi connectivity index (χ1) is 8.59. The fourth-order valence-electron chi connectivity index (χ4n) is 1.77. The number of benzene rings is 1. The third-order valence-electron chi connectivity index (χ3n) is 2.79. The van der Waals surface area contributed by atoms with Crippen LogP contribution in [0.5, 0.6) is 0 Å². The van der Waals surface area contributed by atoms with E-state index in [4.69, 9.17) is 0 Å². The molecule has 18 heavy (non-hydrogen) atoms. The van der Waals surface area contributed by atoms with Gasteiger partial charge in [-0.1, -0.05) is 18.2 Å². The van der Waals surface area contributed by atoms with E-state index in [9.17, 15) is 9.59 Å². The molecule has 0 atom stereocenters. The summed E-state index contributed by atoms with van der Waals surface area (Å²) in [6.07, 6.45) is 2.73. The zero-order valence-electron chi connectivity index (χ0n) is 9.94. The zero-order valence-corrected chi connectivity index (χ0v) is 11.5. The minimum atomic E-state index is -0.144. The maximum absolute atomic E-state index is 10.4. The molecule has 3 rings (SSSR count). The molecule has 94 valence electrons. The molecule has 4 nitrogen and oxygen atoms in total. The smallest absolute Gasteiger partial charge is 0.239 e. The molecule has 0 aliphatic carbocycles. The first-order valence-corrected chi connectivity index (χ1v) is 6.35. The second kappa shape index (κ2) is 5.35. The van der Waals surface area contributed by atoms with Gasteiger partial charge in [0.1, 0.15) is 0 Å². The number of para-hydroxylation sites is 1. The fourth-order valence-corrected chi connectivity index (χ4v) is 2.12. The van der Waals surface area contributed by atoms with Gasteiger partial charge in [-0.15, -0.1) is 0 Å². The van der Waals surface area contributed by atoms with Crippen LogP contribution in [0.15, 0.2) is 30.5 Å². The van der Waals surface area contributed by atoms with Gasteiger partial charge in [0.25, 0.3) is 0 Å². The fraction of sp³-hybridized carbons (Fsp3) is 0.231. The number of fused-ring (bicyclic) bond motifs is 1. The summed E-state index contributed by atoms with van der Waals surface area (Å²) in [6.45, 7) is 2.11. The van der Waals surface area contributed by atoms with Gasteiger partial charge in [0.2, 0.25) is 11.8 Å². The lowest BCUT2D eigenvalue weighted by Crippen LogP contribution is -2.16. The monoisotopic (exact) mass is 308 g/mol. The highest BCUT2D eigenvalue weighted by atomic mass is 79.9. The van der Waals surface area contributed by atoms with Crippen molar-refractivity contribution in [1.82, 2.24) is 8.91 Å². The Morgan fingerprint density at radius 3 is 2.28 bits per heavy atom. The van der Waals surface area contributed by atoms with Crippen molar-refractivity contribution in [3.63, 3.8) is 0 Å². The van der Waals surface area contributed by atoms with Crippen LogP contribution in [0.25, 0.3) is 10.9 Å². The van der Waals surface area contributed by atoms with Crippen molar-refractivity contribution in [3.05, 3.63) is 36.0 Å². The van der Waals surface area contributed by atoms with Crippen molar-refractivity contribution in [2.24, 2.45) is 0 Å². The van der Waals surface area contributed by atoms with Crippen LogP contribution in [0, 0.1) is 6.92 Å². The Hall–Kier alpha value is -1.62. The van der Waals surface area contributed by atoms with Gasteiger partial charge in [-0.3, -0.25) is 9.59 Å². The van der Waals surface area contributed by atoms with Crippen molar-refractivity contribution in [3.8, 4) is 0 Å². The molecule has 1 aromatic carbocycles. The van der Waals surface area contributed by atoms with Crippen LogP contribution < -0.4 is 0 Å². The number of aryl methyl sites for hydroxylation is 1. The Bertz CT molecular complexity index is 575. The standard InChI is InChI=1S/C9H9N.C4H4BrNO2/c1-7-6-10-9-5-3-2-4-8(7)9;5-6-3(7)1-2-4(6)8/h2-6,10H,1H3;1-2H2. The molecule has 1 aromatic heterocycles. The van der Waals surface area contributed by atoms with Gasteiger partial charge in [-0.25, -0.2) is 3.93 Å². The van der Waals surface area contributed by atoms with Gasteiger partial charge in [-0.2, -0.15) is 0 Å². The Balaban J connectivity index is 0.000000138. The zero-order chi connectivity index (χ0) is 13.1. The summed E-state index contributed by atoms with van der Waals surface area (Å²) in [5.41, 5.74) is 2.54. The number of rotatable bonds is 0. The summed E-state index contributed by atoms with van der Waals surface area (Å²) in [5.74, 6) is -0.287. The van der Waals surface area contributed by atoms with Gasteiger partial charge in [-0.05, 0) is 18.6 Å². The lowest BCUT2D eigenvalue weighted by molar-refractivity contribution is -0.131. The highest BCUT2D eigenvalue weighted by Gasteiger charge is 2.26. The maximum atomic E-state index is 10.4. The van der Waals surface area contributed by atoms with Crippen molar-refractivity contribution in [2.75, 3.05) is 0 Å². The van der Waals surface area contributed by atoms with Crippen molar-refractivity contribution >= 4 is 38.9 Å². The number of H-pyrrole nitrogens is 1. The summed E-state index contributed by atoms with van der Waals surface area (Å²) < 4.78 is 0.979. The van der Waals surface area contributed by atoms with E-state index in [0.29, 0.717) is 12.8 Å². The van der Waals surface area contributed by atoms with Crippen LogP contribution in [0.2, 0.25) is 0 Å². The van der Waals surface area contributed by atoms with Crippen molar-refractivity contribution in [2.45, 2.75) is 19.8 Å². The maximum Gasteiger partial charge on any atom is 0.239 e. The summed E-state index contributed by atoms with van der Waals surface area (Å²) in [4.78, 5) is 24.1. The van der Waals surface area contributed by atoms with Crippen molar-refractivity contribution < 1.29 is 9.59 Å². The Labute approximate surface area is 113 Å². The Morgan fingerprint density at radius 1 is 1.17 bits per heavy atom. The lowest BCUT2D eigenvalue weighted by atomic mass is 10.2. The Morgan fingerprint density at radius 2 is 1.78 bits per heavy atom. The number of aromatic nitrogens is 1. The van der Waals surface area contributed by atoms with E-state index >= 15 is 0 Å². The molecule has 0 radical (unpaired) electrons. The molecular formula is C13H13BrN2O2. The van der Waals surface area contributed by atoms with Crippen LogP contribution in [-0.4, -0.2) is 20.7 Å². The SMILES string of the molecule is Cc1c[nH]c2ccccc12.O=C1CCC(=O)N1Br. The first-order valence-electron chi connectivity index (χ1n) is 5.64. The predicted octanol–water partition coefficient (Wildman–Crippen LogP) is 2.92. The molecule has 0 spiro atoms. The normalized spacial score (nSPS) is 14.9. The number of carbonyl (C=O) groups is 2. The number of aromatic amines is 1. The molecule has 5 heteroatoms. The van der Waals surface area contributed by atoms with Gasteiger partial charge in [0.05, 0.1) is 16.1 Å². The molecule has 1 fully saturated rings. The lowest BCUT2D eigenvalue weighted by Gasteiger charge is -1.97. The average Bonchev–Trinajstić information content (AvgIpc) is 2.90. The van der Waals surface area contributed by atoms with Crippen LogP contribution in [0.4, 0.5) is 0 Å². The summed E-state index contributed by atoms with van der Waals surface area (Å²) in [5, 5.41) is 1.32. The van der Waals surface area contributed by atoms with Crippen LogP contribution >= 0.6 is 16.1 Å². The number of hydrogen-bond donors (Lipinski definition) is 1. The molecule has 1 aliphatic rings. The van der Waals surface area contributed by atoms with E-state index in [-0.39, 0.29) is 11.8 Å². The topological polar surface area (TPSA) is 53.2 Å². The average molecular weight is 309 g/mol. The third-order valence-corrected chi connectivity index (χ3v) is 3.58. The molecule has 2 heterocycles. The van der Waals surface area contributed by atoms with Gasteiger partial charge < -0.3 is 4.98 Å². The molecule has 0 bridgehead atoms. The number of carbonyl (C=O) groups excluding carboxylic acids is 2. The molecular weight excluding hydrogens is 296 g/mol. The summed E-state index contributed by atoms with van der Waals surface area (Å²) in [7, 11) is 0. The number of imide groups is 1. The molecule has 1 saturated heterocycles. The van der Waals surface area contributed by atoms with Crippen LogP contribution in [0.1, 0.15) is 18.4 Å². The molecule has 2 aromatic rings. The molecule has 1 aliphatic heterocycles. The van der Waals surface area contributed by atoms with E-state index in [1.807, 2.05) is 12.3 Å². The number of amides is 2. The van der Waals surface area contributed by atoms with E-state index in [2.05, 4.69) is 46.3 Å². The van der Waals surface area contributed by atoms with E-state index in [0.717, 1.165) is 3.93 Å². The van der Waals surface area contributed by atoms with E-state index in [1.165, 1.54) is 16.5 Å². The second-order valence-corrected chi connectivity index (χ2v) is 4.79. The Kier molecular flexibility index (Phi) is 3.81. The minimum absolute atomic E-state index is 0.144. The highest BCUT2D eigenvalue weighted by Crippen LogP contribution is 2.15. The molecule has 0 unspecified atom stereocenters. The van der Waals surface area contributed by atoms with Crippen molar-refractivity contribution in [1.29, 1.82) is 0 Å².